The molecule has 0 unspecified atom stereocenters. The number of aromatic nitrogens is 1. The van der Waals surface area contributed by atoms with Gasteiger partial charge >= 0.3 is 0 Å². The third kappa shape index (κ3) is 4.94. The summed E-state index contributed by atoms with van der Waals surface area (Å²) in [7, 11) is -2.06. The van der Waals surface area contributed by atoms with E-state index < -0.39 is 9.73 Å². The predicted molar refractivity (Wildman–Crippen MR) is 83.7 cm³/mol. The molecule has 1 aromatic carbocycles. The SMILES string of the molecule is Cc1ccc(OCc2nc(CN=S(C)(C)=O)cs2)cc1. The minimum absolute atomic E-state index is 0.396. The van der Waals surface area contributed by atoms with Crippen LogP contribution in [0.15, 0.2) is 34.0 Å². The second-order valence-electron chi connectivity index (χ2n) is 4.80. The van der Waals surface area contributed by atoms with E-state index >= 15 is 0 Å². The van der Waals surface area contributed by atoms with Gasteiger partial charge in [-0.05, 0) is 19.1 Å². The van der Waals surface area contributed by atoms with Gasteiger partial charge in [0, 0.05) is 27.6 Å². The van der Waals surface area contributed by atoms with Crippen LogP contribution in [0.4, 0.5) is 0 Å². The number of ether oxygens (including phenoxy) is 1. The molecule has 0 bridgehead atoms. The van der Waals surface area contributed by atoms with Crippen LogP contribution in [0.1, 0.15) is 16.3 Å². The fraction of sp³-hybridized carbons (Fsp3) is 0.357. The molecule has 108 valence electrons. The topological polar surface area (TPSA) is 51.6 Å². The largest absolute Gasteiger partial charge is 0.486 e. The lowest BCUT2D eigenvalue weighted by Crippen LogP contribution is -1.96. The van der Waals surface area contributed by atoms with E-state index in [4.69, 9.17) is 4.74 Å². The summed E-state index contributed by atoms with van der Waals surface area (Å²) in [5, 5.41) is 2.83. The summed E-state index contributed by atoms with van der Waals surface area (Å²) in [6.07, 6.45) is 3.25. The fourth-order valence-corrected chi connectivity index (χ4v) is 2.63. The Morgan fingerprint density at radius 3 is 2.65 bits per heavy atom. The number of hydrogen-bond donors (Lipinski definition) is 0. The average molecular weight is 310 g/mol. The Hall–Kier alpha value is -1.40. The molecule has 0 N–H and O–H groups in total. The second-order valence-corrected chi connectivity index (χ2v) is 8.37. The molecule has 0 aliphatic heterocycles. The van der Waals surface area contributed by atoms with Gasteiger partial charge in [0.2, 0.25) is 0 Å². The van der Waals surface area contributed by atoms with Gasteiger partial charge < -0.3 is 4.74 Å². The third-order valence-electron chi connectivity index (χ3n) is 2.52. The van der Waals surface area contributed by atoms with Crippen LogP contribution in [0.2, 0.25) is 0 Å². The molecule has 2 aromatic rings. The van der Waals surface area contributed by atoms with Crippen molar-refractivity contribution in [2.75, 3.05) is 12.5 Å². The molecule has 1 aromatic heterocycles. The Morgan fingerprint density at radius 1 is 1.30 bits per heavy atom. The van der Waals surface area contributed by atoms with Crippen molar-refractivity contribution in [1.29, 1.82) is 0 Å². The Labute approximate surface area is 124 Å². The minimum Gasteiger partial charge on any atom is -0.486 e. The second kappa shape index (κ2) is 6.37. The van der Waals surface area contributed by atoms with E-state index in [0.29, 0.717) is 13.2 Å². The molecule has 0 spiro atoms. The van der Waals surface area contributed by atoms with Gasteiger partial charge in [-0.2, -0.15) is 0 Å². The molecule has 0 saturated carbocycles. The third-order valence-corrected chi connectivity index (χ3v) is 4.14. The normalized spacial score (nSPS) is 11.3. The summed E-state index contributed by atoms with van der Waals surface area (Å²) in [6, 6.07) is 7.92. The maximum absolute atomic E-state index is 11.5. The summed E-state index contributed by atoms with van der Waals surface area (Å²) in [5.74, 6) is 0.835. The molecular weight excluding hydrogens is 292 g/mol. The van der Waals surface area contributed by atoms with E-state index in [2.05, 4.69) is 9.35 Å². The van der Waals surface area contributed by atoms with Crippen LogP contribution in [0.3, 0.4) is 0 Å². The first kappa shape index (κ1) is 15.0. The average Bonchev–Trinajstić information content (AvgIpc) is 2.83. The minimum atomic E-state index is -2.06. The van der Waals surface area contributed by atoms with Crippen LogP contribution >= 0.6 is 11.3 Å². The van der Waals surface area contributed by atoms with Crippen LogP contribution in [-0.4, -0.2) is 21.7 Å². The van der Waals surface area contributed by atoms with Gasteiger partial charge in [0.1, 0.15) is 17.4 Å². The van der Waals surface area contributed by atoms with Crippen molar-refractivity contribution in [2.45, 2.75) is 20.1 Å². The van der Waals surface area contributed by atoms with Crippen LogP contribution in [0.25, 0.3) is 0 Å². The Bertz CT molecular complexity index is 675. The molecule has 0 aliphatic rings. The zero-order valence-corrected chi connectivity index (χ0v) is 13.5. The first-order valence-electron chi connectivity index (χ1n) is 6.18. The summed E-state index contributed by atoms with van der Waals surface area (Å²) >= 11 is 1.53. The Balaban J connectivity index is 1.93. The van der Waals surface area contributed by atoms with Gasteiger partial charge in [0.15, 0.2) is 0 Å². The van der Waals surface area contributed by atoms with Crippen molar-refractivity contribution < 1.29 is 8.95 Å². The highest BCUT2D eigenvalue weighted by atomic mass is 32.2. The van der Waals surface area contributed by atoms with Gasteiger partial charge in [-0.25, -0.2) is 9.35 Å². The van der Waals surface area contributed by atoms with Crippen LogP contribution in [0, 0.1) is 6.92 Å². The zero-order valence-electron chi connectivity index (χ0n) is 11.8. The fourth-order valence-electron chi connectivity index (χ4n) is 1.49. The van der Waals surface area contributed by atoms with E-state index in [0.717, 1.165) is 16.5 Å². The first-order valence-corrected chi connectivity index (χ1v) is 9.39. The molecule has 4 nitrogen and oxygen atoms in total. The maximum atomic E-state index is 11.5. The van der Waals surface area contributed by atoms with Crippen molar-refractivity contribution in [3.8, 4) is 5.75 Å². The van der Waals surface area contributed by atoms with Gasteiger partial charge in [-0.15, -0.1) is 11.3 Å². The van der Waals surface area contributed by atoms with Gasteiger partial charge in [0.25, 0.3) is 0 Å². The molecule has 0 atom stereocenters. The number of hydrogen-bond acceptors (Lipinski definition) is 5. The standard InChI is InChI=1S/C14H18N2O2S2/c1-11-4-6-13(7-5-11)18-9-14-16-12(10-19-14)8-15-20(2,3)17/h4-7,10H,8-9H2,1-3H3. The molecule has 0 saturated heterocycles. The summed E-state index contributed by atoms with van der Waals surface area (Å²) < 4.78 is 21.3. The molecule has 1 heterocycles. The quantitative estimate of drug-likeness (QED) is 0.851. The Kier molecular flexibility index (Phi) is 4.77. The molecule has 0 fully saturated rings. The number of rotatable bonds is 5. The van der Waals surface area contributed by atoms with E-state index in [1.165, 1.54) is 16.9 Å². The monoisotopic (exact) mass is 310 g/mol. The van der Waals surface area contributed by atoms with Crippen LogP contribution in [-0.2, 0) is 22.9 Å². The summed E-state index contributed by atoms with van der Waals surface area (Å²) in [4.78, 5) is 4.42. The molecule has 0 aliphatic carbocycles. The lowest BCUT2D eigenvalue weighted by molar-refractivity contribution is 0.305. The zero-order chi connectivity index (χ0) is 14.6. The van der Waals surface area contributed by atoms with E-state index in [1.54, 1.807) is 12.5 Å². The van der Waals surface area contributed by atoms with Crippen molar-refractivity contribution in [2.24, 2.45) is 4.36 Å². The molecule has 0 amide bonds. The van der Waals surface area contributed by atoms with Crippen molar-refractivity contribution in [1.82, 2.24) is 4.98 Å². The van der Waals surface area contributed by atoms with Gasteiger partial charge in [0.05, 0.1) is 12.2 Å². The van der Waals surface area contributed by atoms with E-state index in [9.17, 15) is 4.21 Å². The number of aryl methyl sites for hydroxylation is 1. The maximum Gasteiger partial charge on any atom is 0.140 e. The lowest BCUT2D eigenvalue weighted by Gasteiger charge is -2.03. The summed E-state index contributed by atoms with van der Waals surface area (Å²) in [6.45, 7) is 2.88. The van der Waals surface area contributed by atoms with Crippen molar-refractivity contribution >= 4 is 21.1 Å². The molecule has 20 heavy (non-hydrogen) atoms. The molecule has 6 heteroatoms. The smallest absolute Gasteiger partial charge is 0.140 e. The summed E-state index contributed by atoms with van der Waals surface area (Å²) in [5.41, 5.74) is 2.05. The highest BCUT2D eigenvalue weighted by molar-refractivity contribution is 7.92. The van der Waals surface area contributed by atoms with Crippen molar-refractivity contribution in [3.05, 3.63) is 45.9 Å². The number of benzene rings is 1. The van der Waals surface area contributed by atoms with Gasteiger partial charge in [-0.1, -0.05) is 17.7 Å². The first-order chi connectivity index (χ1) is 9.42. The highest BCUT2D eigenvalue weighted by Crippen LogP contribution is 2.16. The molecule has 0 radical (unpaired) electrons. The van der Waals surface area contributed by atoms with Gasteiger partial charge in [-0.3, -0.25) is 4.21 Å². The van der Waals surface area contributed by atoms with Crippen molar-refractivity contribution in [3.63, 3.8) is 0 Å². The number of thiazole rings is 1. The molecular formula is C14H18N2O2S2. The number of nitrogens with zero attached hydrogens (tertiary/aromatic N) is 2. The van der Waals surface area contributed by atoms with E-state index in [-0.39, 0.29) is 0 Å². The van der Waals surface area contributed by atoms with Crippen LogP contribution in [0.5, 0.6) is 5.75 Å². The predicted octanol–water partition coefficient (Wildman–Crippen LogP) is 3.26. The highest BCUT2D eigenvalue weighted by Gasteiger charge is 2.03. The van der Waals surface area contributed by atoms with E-state index in [1.807, 2.05) is 36.6 Å². The lowest BCUT2D eigenvalue weighted by atomic mass is 10.2. The molecule has 2 rings (SSSR count). The Morgan fingerprint density at radius 2 is 2.00 bits per heavy atom. The van der Waals surface area contributed by atoms with Crippen LogP contribution < -0.4 is 4.74 Å².